The Labute approximate surface area is 134 Å². The zero-order valence-electron chi connectivity index (χ0n) is 13.2. The zero-order valence-corrected chi connectivity index (χ0v) is 13.2. The number of hydrogen-bond donors (Lipinski definition) is 1. The lowest BCUT2D eigenvalue weighted by atomic mass is 9.89. The molecule has 3 rings (SSSR count). The van der Waals surface area contributed by atoms with Crippen LogP contribution in [0.15, 0.2) is 23.4 Å². The van der Waals surface area contributed by atoms with Gasteiger partial charge in [-0.1, -0.05) is 24.2 Å². The third-order valence-corrected chi connectivity index (χ3v) is 4.59. The van der Waals surface area contributed by atoms with Crippen LogP contribution in [0.25, 0.3) is 0 Å². The standard InChI is InChI=1S/C17H21FN2O3/c1-2-12-9-15(23-19-12)17(22)20-8-4-5-11(10-20)13-6-3-7-14(21)16(13)18/h3,6-7,11,15,21H,2,4-5,8-10H2,1H3. The molecular formula is C17H21FN2O3. The Hall–Kier alpha value is -2.11. The first kappa shape index (κ1) is 15.8. The van der Waals surface area contributed by atoms with Gasteiger partial charge in [-0.2, -0.15) is 0 Å². The molecule has 1 amide bonds. The molecule has 0 aliphatic carbocycles. The topological polar surface area (TPSA) is 62.1 Å². The molecule has 1 saturated heterocycles. The number of piperidine rings is 1. The molecule has 1 aromatic carbocycles. The van der Waals surface area contributed by atoms with Crippen molar-refractivity contribution < 1.29 is 19.1 Å². The fraction of sp³-hybridized carbons (Fsp3) is 0.529. The molecule has 2 unspecified atom stereocenters. The first-order chi connectivity index (χ1) is 11.1. The number of halogens is 1. The fourth-order valence-corrected chi connectivity index (χ4v) is 3.26. The van der Waals surface area contributed by atoms with E-state index in [4.69, 9.17) is 4.84 Å². The van der Waals surface area contributed by atoms with Crippen molar-refractivity contribution in [3.8, 4) is 5.75 Å². The number of rotatable bonds is 3. The minimum Gasteiger partial charge on any atom is -0.505 e. The normalized spacial score (nSPS) is 24.3. The van der Waals surface area contributed by atoms with E-state index in [1.165, 1.54) is 6.07 Å². The van der Waals surface area contributed by atoms with Crippen LogP contribution in [0.5, 0.6) is 5.75 Å². The molecule has 1 aromatic rings. The second-order valence-electron chi connectivity index (χ2n) is 6.11. The summed E-state index contributed by atoms with van der Waals surface area (Å²) in [5.41, 5.74) is 1.37. The highest BCUT2D eigenvalue weighted by Gasteiger charge is 2.34. The zero-order chi connectivity index (χ0) is 16.4. The number of oxime groups is 1. The monoisotopic (exact) mass is 320 g/mol. The fourth-order valence-electron chi connectivity index (χ4n) is 3.26. The third-order valence-electron chi connectivity index (χ3n) is 4.59. The van der Waals surface area contributed by atoms with E-state index in [0.717, 1.165) is 25.0 Å². The van der Waals surface area contributed by atoms with Gasteiger partial charge >= 0.3 is 0 Å². The SMILES string of the molecule is CCC1=NOC(C(=O)N2CCCC(c3cccc(O)c3F)C2)C1. The van der Waals surface area contributed by atoms with Crippen molar-refractivity contribution >= 4 is 11.6 Å². The second-order valence-corrected chi connectivity index (χ2v) is 6.11. The Morgan fingerprint density at radius 3 is 3.09 bits per heavy atom. The maximum atomic E-state index is 14.1. The lowest BCUT2D eigenvalue weighted by Crippen LogP contribution is -2.44. The minimum atomic E-state index is -0.583. The van der Waals surface area contributed by atoms with E-state index in [1.54, 1.807) is 17.0 Å². The summed E-state index contributed by atoms with van der Waals surface area (Å²) < 4.78 is 14.1. The van der Waals surface area contributed by atoms with Crippen molar-refractivity contribution in [1.29, 1.82) is 0 Å². The summed E-state index contributed by atoms with van der Waals surface area (Å²) in [6, 6.07) is 4.65. The molecule has 1 fully saturated rings. The summed E-state index contributed by atoms with van der Waals surface area (Å²) in [6.45, 7) is 3.08. The van der Waals surface area contributed by atoms with Crippen LogP contribution in [0.4, 0.5) is 4.39 Å². The number of phenols is 1. The van der Waals surface area contributed by atoms with Crippen molar-refractivity contribution in [1.82, 2.24) is 4.90 Å². The van der Waals surface area contributed by atoms with E-state index in [0.29, 0.717) is 25.1 Å². The van der Waals surface area contributed by atoms with Gasteiger partial charge in [-0.15, -0.1) is 0 Å². The highest BCUT2D eigenvalue weighted by Crippen LogP contribution is 2.32. The molecule has 23 heavy (non-hydrogen) atoms. The number of amides is 1. The third kappa shape index (κ3) is 3.16. The molecule has 0 bridgehead atoms. The van der Waals surface area contributed by atoms with Gasteiger partial charge in [0.2, 0.25) is 6.10 Å². The van der Waals surface area contributed by atoms with Crippen LogP contribution in [0.2, 0.25) is 0 Å². The number of phenolic OH excluding ortho intramolecular Hbond substituents is 1. The predicted molar refractivity (Wildman–Crippen MR) is 83.8 cm³/mol. The van der Waals surface area contributed by atoms with Crippen LogP contribution in [0, 0.1) is 5.82 Å². The molecule has 124 valence electrons. The van der Waals surface area contributed by atoms with Gasteiger partial charge in [0.1, 0.15) is 0 Å². The van der Waals surface area contributed by atoms with Gasteiger partial charge in [-0.3, -0.25) is 4.79 Å². The van der Waals surface area contributed by atoms with E-state index in [1.807, 2.05) is 6.92 Å². The summed E-state index contributed by atoms with van der Waals surface area (Å²) in [5, 5.41) is 13.5. The number of carbonyl (C=O) groups is 1. The van der Waals surface area contributed by atoms with Crippen molar-refractivity contribution in [3.63, 3.8) is 0 Å². The average molecular weight is 320 g/mol. The van der Waals surface area contributed by atoms with Crippen molar-refractivity contribution in [3.05, 3.63) is 29.6 Å². The van der Waals surface area contributed by atoms with E-state index in [-0.39, 0.29) is 17.6 Å². The van der Waals surface area contributed by atoms with Gasteiger partial charge in [0, 0.05) is 25.4 Å². The molecule has 2 aliphatic rings. The Bertz CT molecular complexity index is 632. The largest absolute Gasteiger partial charge is 0.505 e. The van der Waals surface area contributed by atoms with E-state index < -0.39 is 11.9 Å². The summed E-state index contributed by atoms with van der Waals surface area (Å²) >= 11 is 0. The van der Waals surface area contributed by atoms with Gasteiger partial charge < -0.3 is 14.8 Å². The number of likely N-dealkylation sites (tertiary alicyclic amines) is 1. The van der Waals surface area contributed by atoms with E-state index in [9.17, 15) is 14.3 Å². The number of hydrogen-bond acceptors (Lipinski definition) is 4. The number of benzene rings is 1. The van der Waals surface area contributed by atoms with Crippen LogP contribution in [-0.4, -0.2) is 40.8 Å². The predicted octanol–water partition coefficient (Wildman–Crippen LogP) is 2.79. The summed E-state index contributed by atoms with van der Waals surface area (Å²) in [7, 11) is 0. The minimum absolute atomic E-state index is 0.0811. The molecule has 5 nitrogen and oxygen atoms in total. The molecule has 2 aliphatic heterocycles. The van der Waals surface area contributed by atoms with Gasteiger partial charge in [0.15, 0.2) is 11.6 Å². The quantitative estimate of drug-likeness (QED) is 0.931. The van der Waals surface area contributed by atoms with Crippen LogP contribution in [0.1, 0.15) is 44.1 Å². The number of nitrogens with zero attached hydrogens (tertiary/aromatic N) is 2. The van der Waals surface area contributed by atoms with Gasteiger partial charge in [-0.25, -0.2) is 4.39 Å². The smallest absolute Gasteiger partial charge is 0.266 e. The molecule has 6 heteroatoms. The lowest BCUT2D eigenvalue weighted by Gasteiger charge is -2.34. The highest BCUT2D eigenvalue weighted by molar-refractivity contribution is 5.92. The first-order valence-electron chi connectivity index (χ1n) is 8.07. The highest BCUT2D eigenvalue weighted by atomic mass is 19.1. The number of carbonyl (C=O) groups excluding carboxylic acids is 1. The Morgan fingerprint density at radius 2 is 2.35 bits per heavy atom. The molecule has 0 saturated carbocycles. The first-order valence-corrected chi connectivity index (χ1v) is 8.07. The Kier molecular flexibility index (Phi) is 4.50. The summed E-state index contributed by atoms with van der Waals surface area (Å²) in [5.74, 6) is -1.11. The van der Waals surface area contributed by atoms with Crippen molar-refractivity contribution in [2.75, 3.05) is 13.1 Å². The molecule has 2 atom stereocenters. The molecular weight excluding hydrogens is 299 g/mol. The van der Waals surface area contributed by atoms with Gasteiger partial charge in [0.05, 0.1) is 5.71 Å². The van der Waals surface area contributed by atoms with Crippen LogP contribution in [-0.2, 0) is 9.63 Å². The Morgan fingerprint density at radius 1 is 1.52 bits per heavy atom. The van der Waals surface area contributed by atoms with Gasteiger partial charge in [0.25, 0.3) is 5.91 Å². The van der Waals surface area contributed by atoms with E-state index in [2.05, 4.69) is 5.16 Å². The van der Waals surface area contributed by atoms with E-state index >= 15 is 0 Å². The van der Waals surface area contributed by atoms with Crippen molar-refractivity contribution in [2.24, 2.45) is 5.16 Å². The summed E-state index contributed by atoms with van der Waals surface area (Å²) in [4.78, 5) is 19.5. The molecule has 0 aromatic heterocycles. The summed E-state index contributed by atoms with van der Waals surface area (Å²) in [6.07, 6.45) is 2.38. The van der Waals surface area contributed by atoms with Crippen LogP contribution >= 0.6 is 0 Å². The van der Waals surface area contributed by atoms with Crippen LogP contribution < -0.4 is 0 Å². The average Bonchev–Trinajstić information content (AvgIpc) is 3.06. The molecule has 0 spiro atoms. The van der Waals surface area contributed by atoms with Crippen LogP contribution in [0.3, 0.4) is 0 Å². The molecule has 1 N–H and O–H groups in total. The second kappa shape index (κ2) is 6.56. The van der Waals surface area contributed by atoms with Gasteiger partial charge in [-0.05, 0) is 30.9 Å². The maximum Gasteiger partial charge on any atom is 0.266 e. The van der Waals surface area contributed by atoms with Crippen molar-refractivity contribution in [2.45, 2.75) is 44.6 Å². The number of aromatic hydroxyl groups is 1. The molecule has 2 heterocycles. The Balaban J connectivity index is 1.69. The maximum absolute atomic E-state index is 14.1. The lowest BCUT2D eigenvalue weighted by molar-refractivity contribution is -0.143. The molecule has 0 radical (unpaired) electrons.